The quantitative estimate of drug-likeness (QED) is 0.508. The van der Waals surface area contributed by atoms with Crippen LogP contribution in [-0.4, -0.2) is 16.2 Å². The Kier molecular flexibility index (Phi) is 4.45. The van der Waals surface area contributed by atoms with E-state index in [1.807, 2.05) is 41.8 Å². The number of thioether (sulfide) groups is 1. The van der Waals surface area contributed by atoms with E-state index in [4.69, 9.17) is 23.2 Å². The number of hydrogen-bond donors (Lipinski definition) is 0. The summed E-state index contributed by atoms with van der Waals surface area (Å²) in [6, 6.07) is 5.49. The predicted octanol–water partition coefficient (Wildman–Crippen LogP) is 5.22. The van der Waals surface area contributed by atoms with Gasteiger partial charge in [0, 0.05) is 18.0 Å². The van der Waals surface area contributed by atoms with Crippen molar-refractivity contribution in [2.45, 2.75) is 11.7 Å². The summed E-state index contributed by atoms with van der Waals surface area (Å²) in [4.78, 5) is 10.9. The highest BCUT2D eigenvalue weighted by molar-refractivity contribution is 9.15. The predicted molar refractivity (Wildman–Crippen MR) is 93.4 cm³/mol. The summed E-state index contributed by atoms with van der Waals surface area (Å²) >= 11 is 17.7. The zero-order valence-corrected chi connectivity index (χ0v) is 14.9. The van der Waals surface area contributed by atoms with Crippen molar-refractivity contribution < 1.29 is 0 Å². The second-order valence-electron chi connectivity index (χ2n) is 4.41. The molecule has 7 heteroatoms. The van der Waals surface area contributed by atoms with Gasteiger partial charge >= 0.3 is 0 Å². The van der Waals surface area contributed by atoms with Crippen LogP contribution < -0.4 is 4.90 Å². The number of halogens is 3. The van der Waals surface area contributed by atoms with Crippen LogP contribution in [0, 0.1) is 0 Å². The summed E-state index contributed by atoms with van der Waals surface area (Å²) in [5.74, 6) is 0. The summed E-state index contributed by atoms with van der Waals surface area (Å²) in [6.07, 6.45) is 5.75. The van der Waals surface area contributed by atoms with E-state index in [-0.39, 0.29) is 0 Å². The van der Waals surface area contributed by atoms with Gasteiger partial charge in [-0.25, -0.2) is 9.97 Å². The lowest BCUT2D eigenvalue weighted by atomic mass is 10.1. The van der Waals surface area contributed by atoms with E-state index in [1.54, 1.807) is 0 Å². The maximum atomic E-state index is 6.28. The monoisotopic (exact) mass is 401 g/mol. The number of rotatable bonds is 2. The van der Waals surface area contributed by atoms with Crippen LogP contribution in [0.2, 0.25) is 10.0 Å². The van der Waals surface area contributed by atoms with Crippen LogP contribution in [-0.2, 0) is 6.54 Å². The summed E-state index contributed by atoms with van der Waals surface area (Å²) in [6.45, 7) is 0.628. The van der Waals surface area contributed by atoms with Crippen molar-refractivity contribution in [2.24, 2.45) is 0 Å². The van der Waals surface area contributed by atoms with Crippen LogP contribution >= 0.6 is 50.9 Å². The van der Waals surface area contributed by atoms with Gasteiger partial charge in [-0.1, -0.05) is 41.0 Å². The third-order valence-corrected chi connectivity index (χ3v) is 4.84. The SMILES string of the molecule is CSc1ncc2c(n1)C(Br)=CN(c1c(Cl)cccc1Cl)C2. The number of para-hydroxylation sites is 1. The molecule has 2 aromatic rings. The lowest BCUT2D eigenvalue weighted by Crippen LogP contribution is -2.22. The molecule has 0 bridgehead atoms. The standard InChI is InChI=1S/C14H10BrCl2N3S/c1-21-14-18-5-8-6-20(7-9(15)12(8)19-14)13-10(16)3-2-4-11(13)17/h2-5,7H,6H2,1H3. The van der Waals surface area contributed by atoms with E-state index in [9.17, 15) is 0 Å². The molecule has 0 amide bonds. The first kappa shape index (κ1) is 15.2. The summed E-state index contributed by atoms with van der Waals surface area (Å²) in [7, 11) is 0. The molecule has 1 aliphatic rings. The Morgan fingerprint density at radius 3 is 2.67 bits per heavy atom. The van der Waals surface area contributed by atoms with Crippen LogP contribution in [0.4, 0.5) is 5.69 Å². The molecule has 1 aliphatic heterocycles. The lowest BCUT2D eigenvalue weighted by molar-refractivity contribution is 0.867. The summed E-state index contributed by atoms with van der Waals surface area (Å²) in [5.41, 5.74) is 2.73. The zero-order chi connectivity index (χ0) is 15.0. The van der Waals surface area contributed by atoms with E-state index < -0.39 is 0 Å². The Morgan fingerprint density at radius 2 is 2.00 bits per heavy atom. The van der Waals surface area contributed by atoms with Crippen molar-refractivity contribution in [3.05, 3.63) is 51.9 Å². The van der Waals surface area contributed by atoms with Gasteiger partial charge in [0.15, 0.2) is 5.16 Å². The van der Waals surface area contributed by atoms with E-state index in [2.05, 4.69) is 25.9 Å². The molecular weight excluding hydrogens is 393 g/mol. The molecule has 0 aliphatic carbocycles. The van der Waals surface area contributed by atoms with Crippen LogP contribution in [0.3, 0.4) is 0 Å². The maximum Gasteiger partial charge on any atom is 0.187 e. The van der Waals surface area contributed by atoms with E-state index in [1.165, 1.54) is 11.8 Å². The third-order valence-electron chi connectivity index (χ3n) is 3.09. The average Bonchev–Trinajstić information content (AvgIpc) is 2.47. The first-order chi connectivity index (χ1) is 10.1. The van der Waals surface area contributed by atoms with E-state index in [0.29, 0.717) is 16.6 Å². The Morgan fingerprint density at radius 1 is 1.29 bits per heavy atom. The lowest BCUT2D eigenvalue weighted by Gasteiger charge is -2.28. The molecule has 1 aromatic carbocycles. The fraction of sp³-hybridized carbons (Fsp3) is 0.143. The number of benzene rings is 1. The average molecular weight is 403 g/mol. The second kappa shape index (κ2) is 6.16. The number of anilines is 1. The van der Waals surface area contributed by atoms with Gasteiger partial charge in [0.25, 0.3) is 0 Å². The van der Waals surface area contributed by atoms with Crippen LogP contribution in [0.1, 0.15) is 11.3 Å². The molecular formula is C14H10BrCl2N3S. The summed E-state index contributed by atoms with van der Waals surface area (Å²) < 4.78 is 0.887. The molecule has 0 fully saturated rings. The van der Waals surface area contributed by atoms with Gasteiger partial charge in [-0.3, -0.25) is 0 Å². The first-order valence-electron chi connectivity index (χ1n) is 6.08. The minimum atomic E-state index is 0.615. The van der Waals surface area contributed by atoms with Crippen molar-refractivity contribution in [2.75, 3.05) is 11.2 Å². The molecule has 0 saturated heterocycles. The van der Waals surface area contributed by atoms with Crippen molar-refractivity contribution in [1.82, 2.24) is 9.97 Å². The molecule has 0 atom stereocenters. The second-order valence-corrected chi connectivity index (χ2v) is 6.85. The van der Waals surface area contributed by atoms with E-state index >= 15 is 0 Å². The number of hydrogen-bond acceptors (Lipinski definition) is 4. The summed E-state index contributed by atoms with van der Waals surface area (Å²) in [5, 5.41) is 1.98. The van der Waals surface area contributed by atoms with Gasteiger partial charge in [0.1, 0.15) is 0 Å². The highest BCUT2D eigenvalue weighted by Gasteiger charge is 2.22. The molecule has 21 heavy (non-hydrogen) atoms. The Hall–Kier alpha value is -0.750. The third kappa shape index (κ3) is 2.93. The minimum Gasteiger partial charge on any atom is -0.340 e. The molecule has 3 nitrogen and oxygen atoms in total. The minimum absolute atomic E-state index is 0.615. The zero-order valence-electron chi connectivity index (χ0n) is 11.0. The molecule has 1 aromatic heterocycles. The molecule has 0 N–H and O–H groups in total. The Bertz CT molecular complexity index is 716. The van der Waals surface area contributed by atoms with Gasteiger partial charge in [-0.05, 0) is 34.3 Å². The number of fused-ring (bicyclic) bond motifs is 1. The van der Waals surface area contributed by atoms with Crippen molar-refractivity contribution in [3.63, 3.8) is 0 Å². The van der Waals surface area contributed by atoms with Gasteiger partial charge < -0.3 is 4.90 Å². The van der Waals surface area contributed by atoms with Crippen molar-refractivity contribution in [1.29, 1.82) is 0 Å². The van der Waals surface area contributed by atoms with Crippen molar-refractivity contribution in [3.8, 4) is 0 Å². The Balaban J connectivity index is 2.05. The molecule has 0 unspecified atom stereocenters. The topological polar surface area (TPSA) is 29.0 Å². The first-order valence-corrected chi connectivity index (χ1v) is 8.85. The molecule has 0 radical (unpaired) electrons. The smallest absolute Gasteiger partial charge is 0.187 e. The van der Waals surface area contributed by atoms with Crippen LogP contribution in [0.15, 0.2) is 35.8 Å². The van der Waals surface area contributed by atoms with Gasteiger partial charge in [0.05, 0.1) is 32.5 Å². The van der Waals surface area contributed by atoms with Gasteiger partial charge in [0.2, 0.25) is 0 Å². The van der Waals surface area contributed by atoms with Crippen LogP contribution in [0.5, 0.6) is 0 Å². The molecule has 108 valence electrons. The number of aromatic nitrogens is 2. The number of nitrogens with zero attached hydrogens (tertiary/aromatic N) is 3. The normalized spacial score (nSPS) is 13.9. The van der Waals surface area contributed by atoms with E-state index in [0.717, 1.165) is 26.6 Å². The fourth-order valence-corrected chi connectivity index (χ4v) is 3.69. The molecule has 0 saturated carbocycles. The van der Waals surface area contributed by atoms with Crippen LogP contribution in [0.25, 0.3) is 4.48 Å². The Labute approximate surface area is 145 Å². The maximum absolute atomic E-state index is 6.28. The van der Waals surface area contributed by atoms with Gasteiger partial charge in [-0.2, -0.15) is 0 Å². The highest BCUT2D eigenvalue weighted by Crippen LogP contribution is 2.39. The van der Waals surface area contributed by atoms with Crippen molar-refractivity contribution >= 4 is 61.1 Å². The molecule has 2 heterocycles. The highest BCUT2D eigenvalue weighted by atomic mass is 79.9. The van der Waals surface area contributed by atoms with Gasteiger partial charge in [-0.15, -0.1) is 0 Å². The fourth-order valence-electron chi connectivity index (χ4n) is 2.15. The molecule has 0 spiro atoms. The molecule has 3 rings (SSSR count). The largest absolute Gasteiger partial charge is 0.340 e.